The molecule has 152 valence electrons. The molecule has 0 aromatic heterocycles. The second-order valence-corrected chi connectivity index (χ2v) is 9.92. The highest BCUT2D eigenvalue weighted by Crippen LogP contribution is 2.22. The van der Waals surface area contributed by atoms with Crippen molar-refractivity contribution >= 4 is 16.0 Å². The van der Waals surface area contributed by atoms with Crippen molar-refractivity contribution in [1.29, 1.82) is 0 Å². The molecular formula is C22H29NO4S. The van der Waals surface area contributed by atoms with Gasteiger partial charge in [0, 0.05) is 0 Å². The summed E-state index contributed by atoms with van der Waals surface area (Å²) in [5.41, 5.74) is 2.10. The zero-order chi connectivity index (χ0) is 20.9. The first-order valence-corrected chi connectivity index (χ1v) is 10.8. The van der Waals surface area contributed by atoms with Crippen LogP contribution in [0.4, 0.5) is 0 Å². The Morgan fingerprint density at radius 1 is 1.00 bits per heavy atom. The van der Waals surface area contributed by atoms with Gasteiger partial charge in [0.25, 0.3) is 0 Å². The van der Waals surface area contributed by atoms with Crippen LogP contribution in [0.2, 0.25) is 0 Å². The van der Waals surface area contributed by atoms with Crippen molar-refractivity contribution < 1.29 is 17.9 Å². The van der Waals surface area contributed by atoms with E-state index >= 15 is 0 Å². The number of carbonyl (C=O) groups is 1. The fraction of sp³-hybridized carbons (Fsp3) is 0.409. The van der Waals surface area contributed by atoms with E-state index in [0.717, 1.165) is 5.56 Å². The van der Waals surface area contributed by atoms with Gasteiger partial charge in [-0.25, -0.2) is 8.42 Å². The fourth-order valence-corrected chi connectivity index (χ4v) is 3.99. The Kier molecular flexibility index (Phi) is 7.01. The molecular weight excluding hydrogens is 374 g/mol. The molecule has 0 amide bonds. The lowest BCUT2D eigenvalue weighted by molar-refractivity contribution is -0.148. The van der Waals surface area contributed by atoms with Gasteiger partial charge in [-0.3, -0.25) is 4.79 Å². The van der Waals surface area contributed by atoms with E-state index in [1.54, 1.807) is 32.0 Å². The number of hydrogen-bond donors (Lipinski definition) is 1. The molecule has 0 saturated carbocycles. The SMILES string of the molecule is CC(C)[C@H](NS(=O)(=O)c1ccccc1)C(=O)OCc1ccc(C(C)(C)C)cc1. The molecule has 2 aromatic carbocycles. The molecule has 0 heterocycles. The minimum atomic E-state index is -3.81. The summed E-state index contributed by atoms with van der Waals surface area (Å²) in [5.74, 6) is -0.844. The van der Waals surface area contributed by atoms with Gasteiger partial charge in [0.2, 0.25) is 10.0 Å². The number of carbonyl (C=O) groups excluding carboxylic acids is 1. The average Bonchev–Trinajstić information content (AvgIpc) is 2.64. The van der Waals surface area contributed by atoms with Crippen molar-refractivity contribution in [2.75, 3.05) is 0 Å². The van der Waals surface area contributed by atoms with Gasteiger partial charge in [-0.15, -0.1) is 0 Å². The molecule has 0 unspecified atom stereocenters. The number of nitrogens with one attached hydrogen (secondary N) is 1. The molecule has 0 spiro atoms. The fourth-order valence-electron chi connectivity index (χ4n) is 2.64. The zero-order valence-electron chi connectivity index (χ0n) is 17.1. The van der Waals surface area contributed by atoms with Gasteiger partial charge in [0.05, 0.1) is 4.90 Å². The summed E-state index contributed by atoms with van der Waals surface area (Å²) >= 11 is 0. The van der Waals surface area contributed by atoms with Crippen LogP contribution >= 0.6 is 0 Å². The number of esters is 1. The molecule has 1 atom stereocenters. The van der Waals surface area contributed by atoms with Gasteiger partial charge in [-0.2, -0.15) is 4.72 Å². The maximum absolute atomic E-state index is 12.5. The topological polar surface area (TPSA) is 72.5 Å². The van der Waals surface area contributed by atoms with Gasteiger partial charge < -0.3 is 4.74 Å². The standard InChI is InChI=1S/C22H29NO4S/c1-16(2)20(23-28(25,26)19-9-7-6-8-10-19)21(24)27-15-17-11-13-18(14-12-17)22(3,4)5/h6-14,16,20,23H,15H2,1-5H3/t20-/m0/s1. The van der Waals surface area contributed by atoms with Crippen LogP contribution < -0.4 is 4.72 Å². The first-order chi connectivity index (χ1) is 13.0. The summed E-state index contributed by atoms with van der Waals surface area (Å²) in [6.07, 6.45) is 0. The molecule has 2 rings (SSSR count). The van der Waals surface area contributed by atoms with E-state index in [1.165, 1.54) is 17.7 Å². The van der Waals surface area contributed by atoms with Crippen LogP contribution in [-0.2, 0) is 31.6 Å². The minimum Gasteiger partial charge on any atom is -0.460 e. The molecule has 1 N–H and O–H groups in total. The Bertz CT molecular complexity index is 882. The normalized spacial score (nSPS) is 13.4. The summed E-state index contributed by atoms with van der Waals surface area (Å²) < 4.78 is 32.9. The molecule has 6 heteroatoms. The smallest absolute Gasteiger partial charge is 0.324 e. The van der Waals surface area contributed by atoms with E-state index in [9.17, 15) is 13.2 Å². The Morgan fingerprint density at radius 2 is 1.57 bits per heavy atom. The van der Waals surface area contributed by atoms with E-state index in [2.05, 4.69) is 25.5 Å². The van der Waals surface area contributed by atoms with Crippen molar-refractivity contribution in [3.8, 4) is 0 Å². The number of sulfonamides is 1. The van der Waals surface area contributed by atoms with Gasteiger partial charge in [-0.05, 0) is 34.6 Å². The Hall–Kier alpha value is -2.18. The zero-order valence-corrected chi connectivity index (χ0v) is 17.9. The second-order valence-electron chi connectivity index (χ2n) is 8.21. The summed E-state index contributed by atoms with van der Waals surface area (Å²) in [5, 5.41) is 0. The molecule has 0 aliphatic heterocycles. The Morgan fingerprint density at radius 3 is 2.07 bits per heavy atom. The maximum atomic E-state index is 12.5. The van der Waals surface area contributed by atoms with Crippen LogP contribution in [0.1, 0.15) is 45.7 Å². The predicted octanol–water partition coefficient (Wildman–Crippen LogP) is 4.03. The largest absolute Gasteiger partial charge is 0.460 e. The van der Waals surface area contributed by atoms with Crippen LogP contribution in [0.3, 0.4) is 0 Å². The molecule has 28 heavy (non-hydrogen) atoms. The van der Waals surface area contributed by atoms with Crippen LogP contribution in [0.25, 0.3) is 0 Å². The molecule has 0 fully saturated rings. The highest BCUT2D eigenvalue weighted by Gasteiger charge is 2.29. The maximum Gasteiger partial charge on any atom is 0.324 e. The lowest BCUT2D eigenvalue weighted by Gasteiger charge is -2.21. The molecule has 2 aromatic rings. The van der Waals surface area contributed by atoms with Gasteiger partial charge >= 0.3 is 5.97 Å². The third kappa shape index (κ3) is 5.91. The van der Waals surface area contributed by atoms with Gasteiger partial charge in [-0.1, -0.05) is 77.1 Å². The van der Waals surface area contributed by atoms with Crippen molar-refractivity contribution in [3.63, 3.8) is 0 Å². The third-order valence-corrected chi connectivity index (χ3v) is 5.91. The summed E-state index contributed by atoms with van der Waals surface area (Å²) in [6, 6.07) is 14.9. The molecule has 5 nitrogen and oxygen atoms in total. The predicted molar refractivity (Wildman–Crippen MR) is 110 cm³/mol. The molecule has 0 aliphatic carbocycles. The summed E-state index contributed by atoms with van der Waals surface area (Å²) in [7, 11) is -3.81. The van der Waals surface area contributed by atoms with E-state index in [-0.39, 0.29) is 22.8 Å². The summed E-state index contributed by atoms with van der Waals surface area (Å²) in [4.78, 5) is 12.7. The molecule has 0 bridgehead atoms. The van der Waals surface area contributed by atoms with E-state index < -0.39 is 22.0 Å². The number of hydrogen-bond acceptors (Lipinski definition) is 4. The van der Waals surface area contributed by atoms with Crippen molar-refractivity contribution in [1.82, 2.24) is 4.72 Å². The van der Waals surface area contributed by atoms with Crippen molar-refractivity contribution in [2.45, 2.75) is 57.6 Å². The lowest BCUT2D eigenvalue weighted by atomic mass is 9.87. The first kappa shape index (κ1) is 22.1. The lowest BCUT2D eigenvalue weighted by Crippen LogP contribution is -2.45. The average molecular weight is 404 g/mol. The number of ether oxygens (including phenoxy) is 1. The molecule has 0 radical (unpaired) electrons. The minimum absolute atomic E-state index is 0.0493. The second kappa shape index (κ2) is 8.88. The third-order valence-electron chi connectivity index (χ3n) is 4.46. The Labute approximate surface area is 168 Å². The molecule has 0 aliphatic rings. The highest BCUT2D eigenvalue weighted by atomic mass is 32.2. The quantitative estimate of drug-likeness (QED) is 0.709. The van der Waals surface area contributed by atoms with Crippen LogP contribution in [-0.4, -0.2) is 20.4 Å². The van der Waals surface area contributed by atoms with E-state index in [0.29, 0.717) is 0 Å². The van der Waals surface area contributed by atoms with E-state index in [1.807, 2.05) is 24.3 Å². The van der Waals surface area contributed by atoms with Crippen LogP contribution in [0, 0.1) is 5.92 Å². The highest BCUT2D eigenvalue weighted by molar-refractivity contribution is 7.89. The number of rotatable bonds is 7. The van der Waals surface area contributed by atoms with Crippen molar-refractivity contribution in [2.24, 2.45) is 5.92 Å². The monoisotopic (exact) mass is 403 g/mol. The Balaban J connectivity index is 2.05. The number of benzene rings is 2. The molecule has 0 saturated heterocycles. The van der Waals surface area contributed by atoms with Crippen molar-refractivity contribution in [3.05, 3.63) is 65.7 Å². The van der Waals surface area contributed by atoms with Gasteiger partial charge in [0.15, 0.2) is 0 Å². The first-order valence-electron chi connectivity index (χ1n) is 9.34. The van der Waals surface area contributed by atoms with E-state index in [4.69, 9.17) is 4.74 Å². The van der Waals surface area contributed by atoms with Crippen LogP contribution in [0.15, 0.2) is 59.5 Å². The summed E-state index contributed by atoms with van der Waals surface area (Å²) in [6.45, 7) is 10.0. The van der Waals surface area contributed by atoms with Crippen LogP contribution in [0.5, 0.6) is 0 Å². The van der Waals surface area contributed by atoms with Gasteiger partial charge in [0.1, 0.15) is 12.6 Å².